The summed E-state index contributed by atoms with van der Waals surface area (Å²) < 4.78 is 20.6. The third kappa shape index (κ3) is 4.63. The lowest BCUT2D eigenvalue weighted by Crippen LogP contribution is -2.47. The van der Waals surface area contributed by atoms with Gasteiger partial charge in [0.1, 0.15) is 17.7 Å². The van der Waals surface area contributed by atoms with Crippen molar-refractivity contribution in [2.24, 2.45) is 11.7 Å². The quantitative estimate of drug-likeness (QED) is 0.679. The van der Waals surface area contributed by atoms with Crippen LogP contribution in [0, 0.1) is 18.7 Å². The van der Waals surface area contributed by atoms with Crippen molar-refractivity contribution in [2.75, 3.05) is 19.6 Å². The summed E-state index contributed by atoms with van der Waals surface area (Å²) in [6.07, 6.45) is 7.54. The average Bonchev–Trinajstić information content (AvgIpc) is 3.29. The number of piperidine rings is 1. The Kier molecular flexibility index (Phi) is 6.49. The van der Waals surface area contributed by atoms with Gasteiger partial charge in [-0.25, -0.2) is 14.4 Å². The molecule has 1 aromatic carbocycles. The zero-order chi connectivity index (χ0) is 24.7. The van der Waals surface area contributed by atoms with Crippen molar-refractivity contribution >= 4 is 11.5 Å². The van der Waals surface area contributed by atoms with Gasteiger partial charge in [0.25, 0.3) is 5.91 Å². The minimum absolute atomic E-state index is 0.0327. The van der Waals surface area contributed by atoms with E-state index in [4.69, 9.17) is 10.5 Å². The molecule has 4 atom stereocenters. The van der Waals surface area contributed by atoms with Gasteiger partial charge in [-0.1, -0.05) is 13.8 Å². The van der Waals surface area contributed by atoms with Crippen molar-refractivity contribution in [3.05, 3.63) is 59.1 Å². The predicted molar refractivity (Wildman–Crippen MR) is 132 cm³/mol. The summed E-state index contributed by atoms with van der Waals surface area (Å²) in [5.41, 5.74) is 8.90. The van der Waals surface area contributed by atoms with Gasteiger partial charge in [-0.2, -0.15) is 0 Å². The van der Waals surface area contributed by atoms with Crippen LogP contribution in [-0.2, 0) is 0 Å². The summed E-state index contributed by atoms with van der Waals surface area (Å²) in [7, 11) is 0. The second kappa shape index (κ2) is 9.57. The first-order chi connectivity index (χ1) is 16.8. The molecule has 2 aromatic rings. The van der Waals surface area contributed by atoms with E-state index in [-0.39, 0.29) is 18.6 Å². The van der Waals surface area contributed by atoms with Crippen LogP contribution in [0.5, 0.6) is 5.75 Å². The third-order valence-corrected chi connectivity index (χ3v) is 7.62. The molecule has 0 aliphatic carbocycles. The van der Waals surface area contributed by atoms with E-state index in [1.165, 1.54) is 24.6 Å². The number of hydrogen-bond donors (Lipinski definition) is 1. The fourth-order valence-electron chi connectivity index (χ4n) is 5.97. The Labute approximate surface area is 206 Å². The lowest BCUT2D eigenvalue weighted by molar-refractivity contribution is 0.0428. The Hall–Kier alpha value is -3.00. The van der Waals surface area contributed by atoms with E-state index in [0.717, 1.165) is 36.9 Å². The number of carbonyl (C=O) groups excluding carboxylic acids is 1. The fourth-order valence-corrected chi connectivity index (χ4v) is 5.97. The lowest BCUT2D eigenvalue weighted by atomic mass is 9.96. The molecule has 0 radical (unpaired) electrons. The minimum Gasteiger partial charge on any atom is -0.489 e. The Morgan fingerprint density at radius 3 is 2.69 bits per heavy atom. The van der Waals surface area contributed by atoms with Crippen LogP contribution in [0.15, 0.2) is 36.3 Å². The molecule has 2 N–H and O–H groups in total. The maximum absolute atomic E-state index is 14.3. The molecular formula is C27H34FN5O2. The summed E-state index contributed by atoms with van der Waals surface area (Å²) in [6.45, 7) is 8.13. The first-order valence-corrected chi connectivity index (χ1v) is 12.6. The Balaban J connectivity index is 1.32. The van der Waals surface area contributed by atoms with E-state index in [1.807, 2.05) is 6.92 Å². The summed E-state index contributed by atoms with van der Waals surface area (Å²) in [5.74, 6) is 0.820. The number of fused-ring (bicyclic) bond motifs is 2. The van der Waals surface area contributed by atoms with Crippen LogP contribution in [0.4, 0.5) is 4.39 Å². The van der Waals surface area contributed by atoms with Crippen molar-refractivity contribution in [1.82, 2.24) is 19.8 Å². The Bertz CT molecular complexity index is 1130. The second-order valence-electron chi connectivity index (χ2n) is 10.3. The monoisotopic (exact) mass is 479 g/mol. The lowest BCUT2D eigenvalue weighted by Gasteiger charge is -2.39. The zero-order valence-electron chi connectivity index (χ0n) is 20.7. The number of ether oxygens (including phenoxy) is 1. The number of rotatable bonds is 6. The van der Waals surface area contributed by atoms with Crippen molar-refractivity contribution in [1.29, 1.82) is 0 Å². The Morgan fingerprint density at radius 2 is 1.97 bits per heavy atom. The van der Waals surface area contributed by atoms with Gasteiger partial charge in [0, 0.05) is 48.2 Å². The highest BCUT2D eigenvalue weighted by molar-refractivity contribution is 5.98. The number of amides is 1. The van der Waals surface area contributed by atoms with Gasteiger partial charge in [0.05, 0.1) is 18.7 Å². The van der Waals surface area contributed by atoms with Gasteiger partial charge in [-0.15, -0.1) is 0 Å². The topological polar surface area (TPSA) is 84.6 Å². The third-order valence-electron chi connectivity index (χ3n) is 7.62. The summed E-state index contributed by atoms with van der Waals surface area (Å²) in [5, 5.41) is 0. The van der Waals surface area contributed by atoms with Crippen LogP contribution in [-0.4, -0.2) is 63.5 Å². The molecule has 35 heavy (non-hydrogen) atoms. The number of carbonyl (C=O) groups is 1. The molecule has 7 nitrogen and oxygen atoms in total. The average molecular weight is 480 g/mol. The maximum atomic E-state index is 14.3. The molecule has 3 aliphatic heterocycles. The number of aromatic nitrogens is 2. The smallest absolute Gasteiger partial charge is 0.258 e. The molecule has 1 amide bonds. The van der Waals surface area contributed by atoms with Gasteiger partial charge in [0.2, 0.25) is 0 Å². The molecule has 0 spiro atoms. The number of benzene rings is 1. The van der Waals surface area contributed by atoms with E-state index >= 15 is 0 Å². The van der Waals surface area contributed by atoms with Crippen LogP contribution in [0.3, 0.4) is 0 Å². The first-order valence-electron chi connectivity index (χ1n) is 12.6. The summed E-state index contributed by atoms with van der Waals surface area (Å²) in [4.78, 5) is 26.5. The van der Waals surface area contributed by atoms with Gasteiger partial charge >= 0.3 is 0 Å². The molecule has 4 heterocycles. The normalized spacial score (nSPS) is 26.5. The first kappa shape index (κ1) is 23.7. The van der Waals surface area contributed by atoms with Crippen LogP contribution in [0.1, 0.15) is 61.3 Å². The number of halogens is 1. The molecular weight excluding hydrogens is 445 g/mol. The predicted octanol–water partition coefficient (Wildman–Crippen LogP) is 3.78. The van der Waals surface area contributed by atoms with Crippen molar-refractivity contribution in [3.8, 4) is 5.75 Å². The van der Waals surface area contributed by atoms with E-state index in [9.17, 15) is 9.18 Å². The summed E-state index contributed by atoms with van der Waals surface area (Å²) in [6, 6.07) is 5.14. The SMILES string of the molecule is CCCN1C2CC(Oc3cc(F)ccc3C(=O)N3CC(N)=C(c4ncc(C)cn4)C3)CC1C(C)C2. The van der Waals surface area contributed by atoms with Crippen molar-refractivity contribution in [3.63, 3.8) is 0 Å². The standard InChI is InChI=1S/C27H34FN5O2/c1-4-7-33-19-8-17(3)24(33)11-20(10-19)35-25-9-18(28)5-6-21(25)27(34)32-14-22(23(29)15-32)26-30-12-16(2)13-31-26/h5-6,9,12-13,17,19-20,24H,4,7-8,10-11,14-15,29H2,1-3H3. The van der Waals surface area contributed by atoms with Crippen LogP contribution in [0.2, 0.25) is 0 Å². The van der Waals surface area contributed by atoms with Gasteiger partial charge in [-0.3, -0.25) is 9.69 Å². The molecule has 8 heteroatoms. The molecule has 5 rings (SSSR count). The number of aryl methyl sites for hydroxylation is 1. The molecule has 2 bridgehead atoms. The zero-order valence-corrected chi connectivity index (χ0v) is 20.7. The Morgan fingerprint density at radius 1 is 1.20 bits per heavy atom. The summed E-state index contributed by atoms with van der Waals surface area (Å²) >= 11 is 0. The molecule has 186 valence electrons. The second-order valence-corrected chi connectivity index (χ2v) is 10.3. The van der Waals surface area contributed by atoms with Gasteiger partial charge < -0.3 is 15.4 Å². The molecule has 0 saturated carbocycles. The van der Waals surface area contributed by atoms with Crippen LogP contribution in [0.25, 0.3) is 5.57 Å². The van der Waals surface area contributed by atoms with Gasteiger partial charge in [-0.05, 0) is 56.3 Å². The number of nitrogens with zero attached hydrogens (tertiary/aromatic N) is 4. The van der Waals surface area contributed by atoms with Crippen molar-refractivity contribution in [2.45, 2.75) is 64.6 Å². The van der Waals surface area contributed by atoms with E-state index in [1.54, 1.807) is 17.3 Å². The highest BCUT2D eigenvalue weighted by Gasteiger charge is 2.45. The van der Waals surface area contributed by atoms with Crippen molar-refractivity contribution < 1.29 is 13.9 Å². The fraction of sp³-hybridized carbons (Fsp3) is 0.519. The maximum Gasteiger partial charge on any atom is 0.258 e. The number of nitrogens with two attached hydrogens (primary N) is 1. The van der Waals surface area contributed by atoms with E-state index < -0.39 is 5.82 Å². The highest BCUT2D eigenvalue weighted by Crippen LogP contribution is 2.41. The van der Waals surface area contributed by atoms with Gasteiger partial charge in [0.15, 0.2) is 5.82 Å². The van der Waals surface area contributed by atoms with E-state index in [2.05, 4.69) is 28.7 Å². The van der Waals surface area contributed by atoms with Crippen LogP contribution >= 0.6 is 0 Å². The molecule has 2 fully saturated rings. The number of hydrogen-bond acceptors (Lipinski definition) is 6. The minimum atomic E-state index is -0.413. The molecule has 4 unspecified atom stereocenters. The molecule has 3 aliphatic rings. The largest absolute Gasteiger partial charge is 0.489 e. The highest BCUT2D eigenvalue weighted by atomic mass is 19.1. The molecule has 2 saturated heterocycles. The van der Waals surface area contributed by atoms with Crippen LogP contribution < -0.4 is 10.5 Å². The molecule has 1 aromatic heterocycles. The van der Waals surface area contributed by atoms with E-state index in [0.29, 0.717) is 47.4 Å².